The van der Waals surface area contributed by atoms with Crippen molar-refractivity contribution in [1.82, 2.24) is 20.0 Å². The molecule has 1 saturated heterocycles. The summed E-state index contributed by atoms with van der Waals surface area (Å²) >= 11 is 0. The van der Waals surface area contributed by atoms with Crippen LogP contribution in [0.2, 0.25) is 0 Å². The molecule has 12 heteroatoms. The second kappa shape index (κ2) is 13.4. The summed E-state index contributed by atoms with van der Waals surface area (Å²) in [6.45, 7) is 9.91. The minimum Gasteiger partial charge on any atom is -0.444 e. The fourth-order valence-corrected chi connectivity index (χ4v) is 5.13. The van der Waals surface area contributed by atoms with Crippen LogP contribution in [0.4, 0.5) is 18.0 Å². The van der Waals surface area contributed by atoms with E-state index in [0.29, 0.717) is 36.2 Å². The Morgan fingerprint density at radius 2 is 1.86 bits per heavy atom. The van der Waals surface area contributed by atoms with Gasteiger partial charge in [0.2, 0.25) is 5.91 Å². The molecule has 1 aromatic carbocycles. The summed E-state index contributed by atoms with van der Waals surface area (Å²) in [5.74, 6) is -3.87. The molecule has 1 unspecified atom stereocenters. The second-order valence-electron chi connectivity index (χ2n) is 12.3. The molecule has 8 nitrogen and oxygen atoms in total. The van der Waals surface area contributed by atoms with Crippen LogP contribution in [0.15, 0.2) is 18.2 Å². The molecule has 42 heavy (non-hydrogen) atoms. The third kappa shape index (κ3) is 8.98. The van der Waals surface area contributed by atoms with Gasteiger partial charge in [0, 0.05) is 55.2 Å². The van der Waals surface area contributed by atoms with Gasteiger partial charge in [-0.2, -0.15) is 25.5 Å². The molecule has 0 radical (unpaired) electrons. The van der Waals surface area contributed by atoms with E-state index in [1.165, 1.54) is 18.2 Å². The number of aryl methyl sites for hydroxylation is 1. The molecular weight excluding hydrogens is 589 g/mol. The molecule has 2 aromatic rings. The fraction of sp³-hybridized carbons (Fsp3) is 0.633. The number of alkyl halides is 2. The number of hydrogen-bond donors (Lipinski definition) is 1. The van der Waals surface area contributed by atoms with Gasteiger partial charge in [-0.3, -0.25) is 9.48 Å². The van der Waals surface area contributed by atoms with E-state index < -0.39 is 41.5 Å². The molecule has 2 aliphatic rings. The quantitative estimate of drug-likeness (QED) is 0.337. The molecule has 2 fully saturated rings. The Labute approximate surface area is 256 Å². The van der Waals surface area contributed by atoms with Gasteiger partial charge in [0.25, 0.3) is 5.92 Å². The van der Waals surface area contributed by atoms with Crippen LogP contribution in [-0.2, 0) is 44.1 Å². The standard InChI is InChI=1S/C30H40F3N4O4.Cr/c1-18-13-21(15-22(31)14-18)27-24(40-12-10-19(2)34-28(39)41-29(3,4)5)9-11-36(27)26(38)17-37-25(30(6,32)33)16-23(35-37)20-7-8-20;/h14-16,19-20,24,27H,7-12,17H2,1-6H3,(H,34,39);/q-1;/t19?,24-,27-;/m1./s1. The van der Waals surface area contributed by atoms with Crippen molar-refractivity contribution < 1.29 is 49.6 Å². The summed E-state index contributed by atoms with van der Waals surface area (Å²) in [7, 11) is 0. The predicted octanol–water partition coefficient (Wildman–Crippen LogP) is 5.78. The zero-order chi connectivity index (χ0) is 30.1. The number of benzene rings is 1. The van der Waals surface area contributed by atoms with Crippen molar-refractivity contribution in [2.24, 2.45) is 0 Å². The van der Waals surface area contributed by atoms with E-state index in [-0.39, 0.29) is 48.2 Å². The van der Waals surface area contributed by atoms with Gasteiger partial charge in [0.05, 0.1) is 17.8 Å². The van der Waals surface area contributed by atoms with Crippen LogP contribution in [0.5, 0.6) is 0 Å². The number of rotatable bonds is 10. The molecule has 1 aromatic heterocycles. The SMILES string of the molecule is Cc1[c-]c([C@@H]2[C@H](OCCC(C)NC(=O)OC(C)(C)C)CCN2C(=O)Cn2nc(C3CC3)cc2C(C)(F)F)cc(F)c1.[Cr]. The van der Waals surface area contributed by atoms with E-state index in [2.05, 4.69) is 16.5 Å². The van der Waals surface area contributed by atoms with E-state index >= 15 is 0 Å². The number of nitrogens with one attached hydrogen (secondary N) is 1. The van der Waals surface area contributed by atoms with Gasteiger partial charge in [-0.15, -0.1) is 17.7 Å². The Morgan fingerprint density at radius 1 is 1.17 bits per heavy atom. The number of aromatic nitrogens is 2. The zero-order valence-electron chi connectivity index (χ0n) is 25.0. The van der Waals surface area contributed by atoms with Gasteiger partial charge in [0.1, 0.15) is 17.8 Å². The van der Waals surface area contributed by atoms with Crippen molar-refractivity contribution in [2.45, 2.75) is 109 Å². The molecule has 1 aliphatic heterocycles. The first kappa shape index (κ1) is 33.9. The maximum Gasteiger partial charge on any atom is 0.407 e. The van der Waals surface area contributed by atoms with Crippen molar-refractivity contribution in [3.05, 3.63) is 52.6 Å². The van der Waals surface area contributed by atoms with Crippen molar-refractivity contribution >= 4 is 12.0 Å². The summed E-state index contributed by atoms with van der Waals surface area (Å²) in [5, 5.41) is 7.13. The number of carbonyl (C=O) groups excluding carboxylic acids is 2. The summed E-state index contributed by atoms with van der Waals surface area (Å²) in [6, 6.07) is 6.33. The minimum atomic E-state index is -3.16. The van der Waals surface area contributed by atoms with E-state index in [9.17, 15) is 22.8 Å². The van der Waals surface area contributed by atoms with Crippen molar-refractivity contribution in [2.75, 3.05) is 13.2 Å². The Balaban J connectivity index is 0.00000484. The third-order valence-corrected chi connectivity index (χ3v) is 7.15. The van der Waals surface area contributed by atoms with Gasteiger partial charge in [0.15, 0.2) is 0 Å². The normalized spacial score (nSPS) is 19.8. The Hall–Kier alpha value is -2.55. The zero-order valence-corrected chi connectivity index (χ0v) is 26.3. The largest absolute Gasteiger partial charge is 0.444 e. The van der Waals surface area contributed by atoms with Crippen LogP contribution in [0.1, 0.15) is 94.8 Å². The molecule has 2 amide bonds. The molecule has 4 rings (SSSR count). The average molecular weight is 630 g/mol. The Bertz CT molecular complexity index is 1240. The van der Waals surface area contributed by atoms with Crippen LogP contribution < -0.4 is 5.32 Å². The second-order valence-corrected chi connectivity index (χ2v) is 12.3. The van der Waals surface area contributed by atoms with Crippen molar-refractivity contribution in [3.63, 3.8) is 0 Å². The number of hydrogen-bond acceptors (Lipinski definition) is 5. The molecule has 1 aliphatic carbocycles. The summed E-state index contributed by atoms with van der Waals surface area (Å²) in [5.41, 5.74) is 0.699. The molecule has 3 atom stereocenters. The van der Waals surface area contributed by atoms with Gasteiger partial charge in [-0.25, -0.2) is 9.18 Å². The molecule has 2 heterocycles. The average Bonchev–Trinajstić information content (AvgIpc) is 3.43. The number of alkyl carbamates (subject to hydrolysis) is 1. The van der Waals surface area contributed by atoms with Crippen LogP contribution in [0, 0.1) is 18.8 Å². The molecular formula is C30H40CrF3N4O4-. The number of carbonyl (C=O) groups is 2. The first-order chi connectivity index (χ1) is 19.1. The molecule has 0 bridgehead atoms. The molecule has 1 saturated carbocycles. The van der Waals surface area contributed by atoms with E-state index in [1.807, 2.05) is 6.92 Å². The number of halogens is 3. The first-order valence-electron chi connectivity index (χ1n) is 14.2. The number of ether oxygens (including phenoxy) is 2. The molecule has 1 N–H and O–H groups in total. The molecule has 0 spiro atoms. The van der Waals surface area contributed by atoms with Crippen molar-refractivity contribution in [3.8, 4) is 0 Å². The topological polar surface area (TPSA) is 85.7 Å². The smallest absolute Gasteiger partial charge is 0.407 e. The van der Waals surface area contributed by atoms with E-state index in [1.54, 1.807) is 32.6 Å². The summed E-state index contributed by atoms with van der Waals surface area (Å²) < 4.78 is 55.8. The van der Waals surface area contributed by atoms with Crippen LogP contribution in [0.25, 0.3) is 0 Å². The number of nitrogens with zero attached hydrogens (tertiary/aromatic N) is 3. The number of likely N-dealkylation sites (tertiary alicyclic amines) is 1. The maximum atomic E-state index is 14.4. The first-order valence-corrected chi connectivity index (χ1v) is 14.2. The van der Waals surface area contributed by atoms with Gasteiger partial charge >= 0.3 is 6.09 Å². The van der Waals surface area contributed by atoms with Crippen LogP contribution in [-0.4, -0.2) is 57.6 Å². The third-order valence-electron chi connectivity index (χ3n) is 7.15. The van der Waals surface area contributed by atoms with Gasteiger partial charge in [-0.1, -0.05) is 6.92 Å². The summed E-state index contributed by atoms with van der Waals surface area (Å²) in [4.78, 5) is 27.2. The maximum absolute atomic E-state index is 14.4. The number of amides is 2. The van der Waals surface area contributed by atoms with E-state index in [0.717, 1.165) is 24.4 Å². The fourth-order valence-electron chi connectivity index (χ4n) is 5.13. The predicted molar refractivity (Wildman–Crippen MR) is 146 cm³/mol. The minimum absolute atomic E-state index is 0. The van der Waals surface area contributed by atoms with Crippen LogP contribution >= 0.6 is 0 Å². The summed E-state index contributed by atoms with van der Waals surface area (Å²) in [6.07, 6.45) is 1.75. The van der Waals surface area contributed by atoms with E-state index in [4.69, 9.17) is 9.47 Å². The Morgan fingerprint density at radius 3 is 2.45 bits per heavy atom. The van der Waals surface area contributed by atoms with Gasteiger partial charge < -0.3 is 19.7 Å². The van der Waals surface area contributed by atoms with Crippen LogP contribution in [0.3, 0.4) is 0 Å². The monoisotopic (exact) mass is 629 g/mol. The van der Waals surface area contributed by atoms with Crippen molar-refractivity contribution in [1.29, 1.82) is 0 Å². The molecule has 232 valence electrons. The van der Waals surface area contributed by atoms with Gasteiger partial charge in [-0.05, 0) is 59.4 Å². The Kier molecular flexibility index (Phi) is 10.8.